The summed E-state index contributed by atoms with van der Waals surface area (Å²) in [7, 11) is 0. The van der Waals surface area contributed by atoms with Crippen molar-refractivity contribution in [1.29, 1.82) is 0 Å². The Balaban J connectivity index is 1.78. The fraction of sp³-hybridized carbons (Fsp3) is 0.333. The molecular weight excluding hydrogens is 242 g/mol. The van der Waals surface area contributed by atoms with Crippen LogP contribution < -0.4 is 5.32 Å². The third-order valence-corrected chi connectivity index (χ3v) is 4.50. The van der Waals surface area contributed by atoms with Crippen LogP contribution in [0.25, 0.3) is 0 Å². The van der Waals surface area contributed by atoms with Crippen LogP contribution in [0.2, 0.25) is 0 Å². The third kappa shape index (κ3) is 2.33. The van der Waals surface area contributed by atoms with E-state index in [1.165, 1.54) is 22.6 Å². The van der Waals surface area contributed by atoms with Crippen LogP contribution in [0.4, 0.5) is 0 Å². The first-order valence-electron chi connectivity index (χ1n) is 6.36. The fourth-order valence-electron chi connectivity index (χ4n) is 2.44. The molecule has 0 aliphatic carbocycles. The minimum absolute atomic E-state index is 0.251. The number of fused-ring (bicyclic) bond motifs is 1. The van der Waals surface area contributed by atoms with Gasteiger partial charge < -0.3 is 9.73 Å². The van der Waals surface area contributed by atoms with Gasteiger partial charge in [-0.2, -0.15) is 0 Å². The SMILES string of the molecule is CC(NC1CCSc2ccccc21)c1ccco1. The van der Waals surface area contributed by atoms with Gasteiger partial charge in [0.05, 0.1) is 12.3 Å². The molecule has 0 amide bonds. The van der Waals surface area contributed by atoms with Gasteiger partial charge in [0.15, 0.2) is 0 Å². The largest absolute Gasteiger partial charge is 0.468 e. The molecule has 0 radical (unpaired) electrons. The molecule has 2 aromatic rings. The molecule has 0 saturated heterocycles. The molecule has 3 rings (SSSR count). The second-order valence-electron chi connectivity index (χ2n) is 4.63. The van der Waals surface area contributed by atoms with Crippen LogP contribution in [-0.2, 0) is 0 Å². The maximum Gasteiger partial charge on any atom is 0.120 e. The van der Waals surface area contributed by atoms with Crippen LogP contribution in [0, 0.1) is 0 Å². The van der Waals surface area contributed by atoms with Crippen molar-refractivity contribution < 1.29 is 4.42 Å². The second-order valence-corrected chi connectivity index (χ2v) is 5.77. The molecule has 1 aliphatic heterocycles. The smallest absolute Gasteiger partial charge is 0.120 e. The summed E-state index contributed by atoms with van der Waals surface area (Å²) in [6.45, 7) is 2.16. The molecule has 2 heterocycles. The van der Waals surface area contributed by atoms with Gasteiger partial charge in [0.25, 0.3) is 0 Å². The van der Waals surface area contributed by atoms with Crippen LogP contribution in [0.1, 0.15) is 36.8 Å². The van der Waals surface area contributed by atoms with Gasteiger partial charge >= 0.3 is 0 Å². The van der Waals surface area contributed by atoms with E-state index in [-0.39, 0.29) is 6.04 Å². The maximum atomic E-state index is 5.46. The lowest BCUT2D eigenvalue weighted by molar-refractivity contribution is 0.384. The van der Waals surface area contributed by atoms with Crippen LogP contribution in [0.3, 0.4) is 0 Å². The van der Waals surface area contributed by atoms with E-state index in [4.69, 9.17) is 4.42 Å². The van der Waals surface area contributed by atoms with Gasteiger partial charge in [0.2, 0.25) is 0 Å². The summed E-state index contributed by atoms with van der Waals surface area (Å²) in [4.78, 5) is 1.41. The van der Waals surface area contributed by atoms with Gasteiger partial charge in [-0.25, -0.2) is 0 Å². The molecule has 2 atom stereocenters. The highest BCUT2D eigenvalue weighted by atomic mass is 32.2. The van der Waals surface area contributed by atoms with Gasteiger partial charge in [-0.1, -0.05) is 18.2 Å². The second kappa shape index (κ2) is 5.21. The lowest BCUT2D eigenvalue weighted by Crippen LogP contribution is -2.27. The van der Waals surface area contributed by atoms with E-state index < -0.39 is 0 Å². The van der Waals surface area contributed by atoms with Crippen LogP contribution in [0.15, 0.2) is 52.0 Å². The van der Waals surface area contributed by atoms with E-state index in [0.717, 1.165) is 5.76 Å². The van der Waals surface area contributed by atoms with Crippen LogP contribution in [0.5, 0.6) is 0 Å². The van der Waals surface area contributed by atoms with E-state index in [9.17, 15) is 0 Å². The van der Waals surface area contributed by atoms with Gasteiger partial charge in [-0.05, 0) is 42.9 Å². The molecule has 1 aromatic carbocycles. The third-order valence-electron chi connectivity index (χ3n) is 3.38. The molecule has 0 fully saturated rings. The van der Waals surface area contributed by atoms with Crippen molar-refractivity contribution in [2.24, 2.45) is 0 Å². The average molecular weight is 259 g/mol. The molecule has 94 valence electrons. The summed E-state index contributed by atoms with van der Waals surface area (Å²) in [5.41, 5.74) is 1.42. The summed E-state index contributed by atoms with van der Waals surface area (Å²) >= 11 is 1.95. The molecule has 1 aliphatic rings. The van der Waals surface area contributed by atoms with Gasteiger partial charge in [0, 0.05) is 10.9 Å². The molecular formula is C15H17NOS. The van der Waals surface area contributed by atoms with E-state index in [1.54, 1.807) is 6.26 Å². The first kappa shape index (κ1) is 11.9. The number of furan rings is 1. The summed E-state index contributed by atoms with van der Waals surface area (Å²) in [5, 5.41) is 3.67. The van der Waals surface area contributed by atoms with Gasteiger partial charge in [-0.3, -0.25) is 0 Å². The fourth-order valence-corrected chi connectivity index (χ4v) is 3.56. The number of hydrogen-bond donors (Lipinski definition) is 1. The molecule has 1 N–H and O–H groups in total. The molecule has 0 bridgehead atoms. The maximum absolute atomic E-state index is 5.46. The van der Waals surface area contributed by atoms with E-state index in [1.807, 2.05) is 23.9 Å². The minimum Gasteiger partial charge on any atom is -0.468 e. The van der Waals surface area contributed by atoms with Crippen molar-refractivity contribution in [3.8, 4) is 0 Å². The van der Waals surface area contributed by atoms with E-state index >= 15 is 0 Å². The Kier molecular flexibility index (Phi) is 3.43. The lowest BCUT2D eigenvalue weighted by Gasteiger charge is -2.28. The number of hydrogen-bond acceptors (Lipinski definition) is 3. The number of rotatable bonds is 3. The zero-order valence-electron chi connectivity index (χ0n) is 10.4. The number of thioether (sulfide) groups is 1. The molecule has 1 aromatic heterocycles. The van der Waals surface area contributed by atoms with E-state index in [0.29, 0.717) is 6.04 Å². The standard InChI is InChI=1S/C15H17NOS/c1-11(14-6-4-9-17-14)16-13-8-10-18-15-7-3-2-5-12(13)15/h2-7,9,11,13,16H,8,10H2,1H3. The van der Waals surface area contributed by atoms with Gasteiger partial charge in [0.1, 0.15) is 5.76 Å². The van der Waals surface area contributed by atoms with Gasteiger partial charge in [-0.15, -0.1) is 11.8 Å². The topological polar surface area (TPSA) is 25.2 Å². The van der Waals surface area contributed by atoms with Crippen molar-refractivity contribution in [1.82, 2.24) is 5.32 Å². The molecule has 2 nitrogen and oxygen atoms in total. The summed E-state index contributed by atoms with van der Waals surface area (Å²) in [5.74, 6) is 2.19. The first-order chi connectivity index (χ1) is 8.84. The molecule has 0 saturated carbocycles. The van der Waals surface area contributed by atoms with Crippen molar-refractivity contribution in [2.75, 3.05) is 5.75 Å². The van der Waals surface area contributed by atoms with Crippen molar-refractivity contribution in [2.45, 2.75) is 30.3 Å². The molecule has 18 heavy (non-hydrogen) atoms. The highest BCUT2D eigenvalue weighted by Gasteiger charge is 2.22. The summed E-state index contributed by atoms with van der Waals surface area (Å²) < 4.78 is 5.46. The Morgan fingerprint density at radius 3 is 3.00 bits per heavy atom. The minimum atomic E-state index is 0.251. The molecule has 3 heteroatoms. The normalized spacial score (nSPS) is 20.4. The number of benzene rings is 1. The van der Waals surface area contributed by atoms with Crippen LogP contribution in [-0.4, -0.2) is 5.75 Å². The quantitative estimate of drug-likeness (QED) is 0.895. The summed E-state index contributed by atoms with van der Waals surface area (Å²) in [6, 6.07) is 13.3. The zero-order chi connectivity index (χ0) is 12.4. The highest BCUT2D eigenvalue weighted by Crippen LogP contribution is 2.36. The Labute approximate surface area is 112 Å². The van der Waals surface area contributed by atoms with E-state index in [2.05, 4.69) is 36.5 Å². The van der Waals surface area contributed by atoms with Crippen molar-refractivity contribution >= 4 is 11.8 Å². The molecule has 2 unspecified atom stereocenters. The van der Waals surface area contributed by atoms with Crippen molar-refractivity contribution in [3.63, 3.8) is 0 Å². The predicted octanol–water partition coefficient (Wildman–Crippen LogP) is 4.17. The predicted molar refractivity (Wildman–Crippen MR) is 74.8 cm³/mol. The average Bonchev–Trinajstić information content (AvgIpc) is 2.93. The Hall–Kier alpha value is -1.19. The summed E-state index contributed by atoms with van der Waals surface area (Å²) in [6.07, 6.45) is 2.91. The monoisotopic (exact) mass is 259 g/mol. The highest BCUT2D eigenvalue weighted by molar-refractivity contribution is 7.99. The molecule has 0 spiro atoms. The van der Waals surface area contributed by atoms with Crippen molar-refractivity contribution in [3.05, 3.63) is 54.0 Å². The number of nitrogens with one attached hydrogen (secondary N) is 1. The zero-order valence-corrected chi connectivity index (χ0v) is 11.2. The lowest BCUT2D eigenvalue weighted by atomic mass is 10.0. The Morgan fingerprint density at radius 1 is 1.28 bits per heavy atom. The Bertz CT molecular complexity index is 509. The van der Waals surface area contributed by atoms with Crippen LogP contribution >= 0.6 is 11.8 Å². The Morgan fingerprint density at radius 2 is 2.17 bits per heavy atom. The first-order valence-corrected chi connectivity index (χ1v) is 7.34.